The molecule has 0 aromatic heterocycles. The number of hydrogen-bond acceptors (Lipinski definition) is 9. The van der Waals surface area contributed by atoms with E-state index in [1.54, 1.807) is 19.9 Å². The first-order valence-corrected chi connectivity index (χ1v) is 14.6. The number of esters is 2. The summed E-state index contributed by atoms with van der Waals surface area (Å²) in [5.41, 5.74) is -1.60. The first kappa shape index (κ1) is 29.2. The number of carbonyl (C=O) groups excluding carboxylic acids is 3. The largest absolute Gasteiger partial charge is 0.459 e. The lowest BCUT2D eigenvalue weighted by Gasteiger charge is -2.67. The number of ether oxygens (including phenoxy) is 3. The van der Waals surface area contributed by atoms with E-state index in [9.17, 15) is 29.7 Å². The predicted molar refractivity (Wildman–Crippen MR) is 143 cm³/mol. The van der Waals surface area contributed by atoms with Gasteiger partial charge in [0, 0.05) is 23.3 Å². The molecule has 0 aromatic carbocycles. The number of carbonyl (C=O) groups is 3. The molecule has 5 rings (SSSR count). The highest BCUT2D eigenvalue weighted by Crippen LogP contribution is 2.73. The number of allylic oxidation sites excluding steroid dienone is 2. The minimum absolute atomic E-state index is 0.109. The van der Waals surface area contributed by atoms with Crippen molar-refractivity contribution in [1.29, 1.82) is 0 Å². The number of fused-ring (bicyclic) bond motifs is 1. The summed E-state index contributed by atoms with van der Waals surface area (Å²) in [7, 11) is 0. The Hall–Kier alpha value is -2.33. The van der Waals surface area contributed by atoms with Gasteiger partial charge < -0.3 is 29.5 Å². The fraction of sp³-hybridized carbons (Fsp3) is 0.710. The molecule has 0 unspecified atom stereocenters. The maximum absolute atomic E-state index is 13.4. The molecule has 0 radical (unpaired) electrons. The van der Waals surface area contributed by atoms with Crippen LogP contribution in [0.3, 0.4) is 0 Å². The standard InChI is InChI=1S/C31H42O9/c1-5-6-7-8-9-10-11-12-13-22(33)40-24-23-18(3)25(34)31(37)28-29(4)19(17(2)14-20(32)26(29)35)15-21(39-27(24)36)30(23,28)16-38-31/h12-14,19,21,23-26,28,34-35,37H,3,5-11,15-16H2,1-2,4H3/b13-12+/t19-,21+,23+,24+,25+,26+,28+,29+,30-,31+/m0/s1. The van der Waals surface area contributed by atoms with E-state index in [2.05, 4.69) is 13.5 Å². The van der Waals surface area contributed by atoms with Gasteiger partial charge in [-0.05, 0) is 43.8 Å². The summed E-state index contributed by atoms with van der Waals surface area (Å²) in [6.45, 7) is 9.57. The Morgan fingerprint density at radius 3 is 2.60 bits per heavy atom. The van der Waals surface area contributed by atoms with Gasteiger partial charge in [-0.15, -0.1) is 0 Å². The maximum atomic E-state index is 13.4. The molecule has 5 aliphatic rings. The highest BCUT2D eigenvalue weighted by Gasteiger charge is 2.83. The molecule has 2 aliphatic heterocycles. The molecular formula is C31H42O9. The molecule has 3 N–H and O–H groups in total. The zero-order valence-electron chi connectivity index (χ0n) is 23.6. The second-order valence-corrected chi connectivity index (χ2v) is 12.6. The number of aliphatic hydroxyl groups excluding tert-OH is 2. The van der Waals surface area contributed by atoms with Crippen LogP contribution < -0.4 is 0 Å². The van der Waals surface area contributed by atoms with Gasteiger partial charge in [0.05, 0.1) is 12.0 Å². The molecule has 2 saturated heterocycles. The Morgan fingerprint density at radius 2 is 1.88 bits per heavy atom. The molecule has 2 bridgehead atoms. The number of rotatable bonds is 9. The molecule has 3 aliphatic carbocycles. The van der Waals surface area contributed by atoms with Crippen molar-refractivity contribution in [2.24, 2.45) is 28.6 Å². The van der Waals surface area contributed by atoms with Gasteiger partial charge >= 0.3 is 11.9 Å². The zero-order valence-corrected chi connectivity index (χ0v) is 23.6. The fourth-order valence-electron chi connectivity index (χ4n) is 8.69. The van der Waals surface area contributed by atoms with E-state index in [1.165, 1.54) is 31.4 Å². The van der Waals surface area contributed by atoms with Gasteiger partial charge in [-0.1, -0.05) is 64.2 Å². The van der Waals surface area contributed by atoms with Crippen LogP contribution in [0.5, 0.6) is 0 Å². The van der Waals surface area contributed by atoms with Crippen molar-refractivity contribution in [3.05, 3.63) is 36.0 Å². The quantitative estimate of drug-likeness (QED) is 0.169. The average molecular weight is 559 g/mol. The van der Waals surface area contributed by atoms with Crippen molar-refractivity contribution in [2.75, 3.05) is 6.61 Å². The molecule has 0 aromatic rings. The summed E-state index contributed by atoms with van der Waals surface area (Å²) in [6, 6.07) is 0. The summed E-state index contributed by atoms with van der Waals surface area (Å²) in [5, 5.41) is 34.5. The first-order chi connectivity index (χ1) is 18.9. The lowest BCUT2D eigenvalue weighted by atomic mass is 9.38. The lowest BCUT2D eigenvalue weighted by Crippen LogP contribution is -2.76. The normalized spacial score (nSPS) is 43.7. The van der Waals surface area contributed by atoms with Crippen molar-refractivity contribution >= 4 is 17.7 Å². The predicted octanol–water partition coefficient (Wildman–Crippen LogP) is 2.91. The Morgan fingerprint density at radius 1 is 1.18 bits per heavy atom. The summed E-state index contributed by atoms with van der Waals surface area (Å²) < 4.78 is 17.5. The Kier molecular flexibility index (Phi) is 7.66. The van der Waals surface area contributed by atoms with E-state index in [0.29, 0.717) is 12.0 Å². The topological polar surface area (TPSA) is 140 Å². The van der Waals surface area contributed by atoms with Crippen LogP contribution in [0.1, 0.15) is 72.1 Å². The van der Waals surface area contributed by atoms with Gasteiger partial charge in [0.1, 0.15) is 18.3 Å². The third-order valence-electron chi connectivity index (χ3n) is 10.4. The molecule has 220 valence electrons. The highest BCUT2D eigenvalue weighted by molar-refractivity contribution is 5.96. The van der Waals surface area contributed by atoms with Crippen LogP contribution in [0.25, 0.3) is 0 Å². The van der Waals surface area contributed by atoms with Crippen LogP contribution in [0.4, 0.5) is 0 Å². The molecule has 2 saturated carbocycles. The molecule has 1 spiro atoms. The van der Waals surface area contributed by atoms with Gasteiger partial charge in [-0.25, -0.2) is 9.59 Å². The minimum atomic E-state index is -2.17. The van der Waals surface area contributed by atoms with E-state index < -0.39 is 76.5 Å². The molecule has 0 amide bonds. The fourth-order valence-corrected chi connectivity index (χ4v) is 8.69. The van der Waals surface area contributed by atoms with Gasteiger partial charge in [-0.2, -0.15) is 0 Å². The zero-order chi connectivity index (χ0) is 29.0. The molecule has 10 atom stereocenters. The van der Waals surface area contributed by atoms with Gasteiger partial charge in [0.2, 0.25) is 6.10 Å². The van der Waals surface area contributed by atoms with Crippen molar-refractivity contribution in [1.82, 2.24) is 0 Å². The molecule has 9 nitrogen and oxygen atoms in total. The van der Waals surface area contributed by atoms with Crippen molar-refractivity contribution in [3.63, 3.8) is 0 Å². The molecule has 4 fully saturated rings. The number of ketones is 1. The van der Waals surface area contributed by atoms with Crippen molar-refractivity contribution < 1.29 is 43.9 Å². The summed E-state index contributed by atoms with van der Waals surface area (Å²) in [5.74, 6) is -6.50. The smallest absolute Gasteiger partial charge is 0.348 e. The third-order valence-corrected chi connectivity index (χ3v) is 10.4. The van der Waals surface area contributed by atoms with Crippen molar-refractivity contribution in [3.8, 4) is 0 Å². The van der Waals surface area contributed by atoms with E-state index in [-0.39, 0.29) is 18.6 Å². The number of hydrogen-bond donors (Lipinski definition) is 3. The summed E-state index contributed by atoms with van der Waals surface area (Å²) in [4.78, 5) is 39.1. The van der Waals surface area contributed by atoms with Crippen molar-refractivity contribution in [2.45, 2.75) is 102 Å². The maximum Gasteiger partial charge on any atom is 0.348 e. The second kappa shape index (κ2) is 10.5. The van der Waals surface area contributed by atoms with Gasteiger partial charge in [-0.3, -0.25) is 4.79 Å². The second-order valence-electron chi connectivity index (χ2n) is 12.6. The Labute approximate surface area is 235 Å². The van der Waals surface area contributed by atoms with Crippen LogP contribution >= 0.6 is 0 Å². The molecule has 40 heavy (non-hydrogen) atoms. The van der Waals surface area contributed by atoms with E-state index in [4.69, 9.17) is 14.2 Å². The molecule has 2 heterocycles. The van der Waals surface area contributed by atoms with Gasteiger partial charge in [0.25, 0.3) is 0 Å². The van der Waals surface area contributed by atoms with Crippen LogP contribution in [0.2, 0.25) is 0 Å². The number of unbranched alkanes of at least 4 members (excludes halogenated alkanes) is 6. The van der Waals surface area contributed by atoms with Gasteiger partial charge in [0.15, 0.2) is 11.6 Å². The van der Waals surface area contributed by atoms with Crippen LogP contribution in [-0.4, -0.2) is 69.9 Å². The molecular weight excluding hydrogens is 516 g/mol. The average Bonchev–Trinajstić information content (AvgIpc) is 3.20. The first-order valence-electron chi connectivity index (χ1n) is 14.6. The molecule has 9 heteroatoms. The summed E-state index contributed by atoms with van der Waals surface area (Å²) >= 11 is 0. The van der Waals surface area contributed by atoms with Crippen LogP contribution in [0.15, 0.2) is 36.0 Å². The highest BCUT2D eigenvalue weighted by atomic mass is 16.7. The van der Waals surface area contributed by atoms with E-state index >= 15 is 0 Å². The van der Waals surface area contributed by atoms with E-state index in [1.807, 2.05) is 0 Å². The minimum Gasteiger partial charge on any atom is -0.459 e. The van der Waals surface area contributed by atoms with Crippen LogP contribution in [-0.2, 0) is 28.6 Å². The van der Waals surface area contributed by atoms with E-state index in [0.717, 1.165) is 19.3 Å². The monoisotopic (exact) mass is 558 g/mol. The third kappa shape index (κ3) is 4.07. The van der Waals surface area contributed by atoms with Crippen LogP contribution in [0, 0.1) is 28.6 Å². The number of aliphatic hydroxyl groups is 3. The Bertz CT molecular complexity index is 1140. The SMILES string of the molecule is C=C1[C@@H](O)[C@@]2(O)OC[C@@]34[C@H]1[C@@H](OC(=O)/C=C/CCCCCCCC)C(=O)O[C@@H]3C[C@H]1C(C)=CC(=O)[C@@H](O)[C@]1(C)[C@@H]24. The summed E-state index contributed by atoms with van der Waals surface area (Å²) in [6.07, 6.45) is 6.89. The lowest BCUT2D eigenvalue weighted by molar-refractivity contribution is -0.311. The Balaban J connectivity index is 1.43.